The van der Waals surface area contributed by atoms with Crippen molar-refractivity contribution in [3.63, 3.8) is 0 Å². The van der Waals surface area contributed by atoms with Crippen molar-refractivity contribution in [3.8, 4) is 11.5 Å². The van der Waals surface area contributed by atoms with Crippen molar-refractivity contribution in [1.29, 1.82) is 0 Å². The van der Waals surface area contributed by atoms with E-state index in [0.29, 0.717) is 29.4 Å². The lowest BCUT2D eigenvalue weighted by Gasteiger charge is -2.13. The number of hydrazone groups is 1. The van der Waals surface area contributed by atoms with Crippen molar-refractivity contribution in [3.05, 3.63) is 83.4 Å². The Hall–Kier alpha value is -4.66. The summed E-state index contributed by atoms with van der Waals surface area (Å²) in [7, 11) is 0. The van der Waals surface area contributed by atoms with Crippen LogP contribution in [0.1, 0.15) is 23.6 Å². The van der Waals surface area contributed by atoms with Gasteiger partial charge in [0.05, 0.1) is 12.8 Å². The van der Waals surface area contributed by atoms with Crippen molar-refractivity contribution < 1.29 is 23.9 Å². The molecule has 0 aliphatic rings. The van der Waals surface area contributed by atoms with E-state index in [9.17, 15) is 14.4 Å². The predicted octanol–water partition coefficient (Wildman–Crippen LogP) is 3.81. The van der Waals surface area contributed by atoms with Crippen LogP contribution in [-0.4, -0.2) is 37.1 Å². The number of rotatable bonds is 9. The fraction of sp³-hybridized carbons (Fsp3) is 0.185. The summed E-state index contributed by atoms with van der Waals surface area (Å²) in [6.45, 7) is 5.83. The van der Waals surface area contributed by atoms with Crippen molar-refractivity contribution in [2.75, 3.05) is 23.8 Å². The van der Waals surface area contributed by atoms with Gasteiger partial charge in [0.1, 0.15) is 0 Å². The van der Waals surface area contributed by atoms with E-state index in [-0.39, 0.29) is 12.5 Å². The number of nitrogens with one attached hydrogen (secondary N) is 3. The first-order chi connectivity index (χ1) is 17.4. The van der Waals surface area contributed by atoms with Gasteiger partial charge < -0.3 is 20.1 Å². The minimum absolute atomic E-state index is 0.200. The highest BCUT2D eigenvalue weighted by atomic mass is 16.5. The summed E-state index contributed by atoms with van der Waals surface area (Å²) in [5, 5.41) is 9.14. The molecule has 3 amide bonds. The molecule has 9 nitrogen and oxygen atoms in total. The van der Waals surface area contributed by atoms with Crippen LogP contribution < -0.4 is 25.5 Å². The lowest BCUT2D eigenvalue weighted by molar-refractivity contribution is -0.136. The van der Waals surface area contributed by atoms with E-state index < -0.39 is 11.8 Å². The average molecular weight is 489 g/mol. The van der Waals surface area contributed by atoms with Crippen molar-refractivity contribution >= 4 is 35.3 Å². The molecule has 0 aliphatic heterocycles. The number of carbonyl (C=O) groups excluding carboxylic acids is 3. The summed E-state index contributed by atoms with van der Waals surface area (Å²) in [6.07, 6.45) is 1.37. The molecule has 0 saturated carbocycles. The summed E-state index contributed by atoms with van der Waals surface area (Å²) >= 11 is 0. The number of nitrogens with zero attached hydrogens (tertiary/aromatic N) is 1. The van der Waals surface area contributed by atoms with Gasteiger partial charge in [-0.25, -0.2) is 5.43 Å². The highest BCUT2D eigenvalue weighted by molar-refractivity contribution is 6.39. The summed E-state index contributed by atoms with van der Waals surface area (Å²) in [5.41, 5.74) is 6.00. The van der Waals surface area contributed by atoms with Gasteiger partial charge in [-0.05, 0) is 68.3 Å². The molecule has 0 unspecified atom stereocenters. The van der Waals surface area contributed by atoms with Crippen LogP contribution in [0.25, 0.3) is 0 Å². The Morgan fingerprint density at radius 3 is 2.33 bits per heavy atom. The quantitative estimate of drug-likeness (QED) is 0.241. The van der Waals surface area contributed by atoms with Crippen LogP contribution in [0, 0.1) is 13.8 Å². The number of carbonyl (C=O) groups is 3. The minimum atomic E-state index is -0.906. The summed E-state index contributed by atoms with van der Waals surface area (Å²) in [5.74, 6) is -1.25. The van der Waals surface area contributed by atoms with Crippen molar-refractivity contribution in [1.82, 2.24) is 5.43 Å². The Morgan fingerprint density at radius 1 is 0.861 bits per heavy atom. The zero-order valence-corrected chi connectivity index (χ0v) is 20.3. The Kier molecular flexibility index (Phi) is 9.16. The molecule has 0 saturated heterocycles. The number of ether oxygens (including phenoxy) is 2. The smallest absolute Gasteiger partial charge is 0.329 e. The van der Waals surface area contributed by atoms with Gasteiger partial charge in [-0.15, -0.1) is 0 Å². The van der Waals surface area contributed by atoms with Gasteiger partial charge in [-0.3, -0.25) is 14.4 Å². The molecular weight excluding hydrogens is 460 g/mol. The first kappa shape index (κ1) is 26.0. The topological polar surface area (TPSA) is 118 Å². The molecule has 0 heterocycles. The molecule has 3 aromatic carbocycles. The molecule has 3 rings (SSSR count). The number of aryl methyl sites for hydroxylation is 2. The molecule has 0 atom stereocenters. The molecule has 0 bridgehead atoms. The van der Waals surface area contributed by atoms with Crippen molar-refractivity contribution in [2.24, 2.45) is 5.10 Å². The average Bonchev–Trinajstić information content (AvgIpc) is 2.86. The fourth-order valence-corrected chi connectivity index (χ4v) is 3.08. The van der Waals surface area contributed by atoms with Gasteiger partial charge in [-0.2, -0.15) is 5.10 Å². The van der Waals surface area contributed by atoms with E-state index in [1.54, 1.807) is 30.3 Å². The van der Waals surface area contributed by atoms with Gasteiger partial charge in [0, 0.05) is 11.4 Å². The summed E-state index contributed by atoms with van der Waals surface area (Å²) in [4.78, 5) is 36.3. The molecule has 3 N–H and O–H groups in total. The second-order valence-electron chi connectivity index (χ2n) is 7.81. The minimum Gasteiger partial charge on any atom is -0.490 e. The number of para-hydroxylation sites is 1. The molecule has 0 radical (unpaired) electrons. The molecule has 0 fully saturated rings. The predicted molar refractivity (Wildman–Crippen MR) is 138 cm³/mol. The van der Waals surface area contributed by atoms with Crippen LogP contribution in [0.4, 0.5) is 11.4 Å². The van der Waals surface area contributed by atoms with Crippen LogP contribution in [0.3, 0.4) is 0 Å². The Morgan fingerprint density at radius 2 is 1.61 bits per heavy atom. The molecule has 9 heteroatoms. The van der Waals surface area contributed by atoms with E-state index in [4.69, 9.17) is 9.47 Å². The SMILES string of the molecule is CCOc1cc(/C=N\NC(=O)C(=O)Nc2ccc(C)cc2)ccc1OCC(=O)Nc1ccccc1C. The lowest BCUT2D eigenvalue weighted by atomic mass is 10.2. The van der Waals surface area contributed by atoms with Crippen LogP contribution in [0.2, 0.25) is 0 Å². The van der Waals surface area contributed by atoms with E-state index >= 15 is 0 Å². The van der Waals surface area contributed by atoms with Crippen LogP contribution in [-0.2, 0) is 14.4 Å². The third-order valence-electron chi connectivity index (χ3n) is 4.94. The third-order valence-corrected chi connectivity index (χ3v) is 4.94. The van der Waals surface area contributed by atoms with Crippen LogP contribution in [0.5, 0.6) is 11.5 Å². The Balaban J connectivity index is 1.56. The summed E-state index contributed by atoms with van der Waals surface area (Å²) < 4.78 is 11.3. The van der Waals surface area contributed by atoms with Gasteiger partial charge in [-0.1, -0.05) is 35.9 Å². The Labute approximate surface area is 209 Å². The zero-order valence-electron chi connectivity index (χ0n) is 20.3. The fourth-order valence-electron chi connectivity index (χ4n) is 3.08. The number of hydrogen-bond donors (Lipinski definition) is 3. The molecule has 3 aromatic rings. The first-order valence-electron chi connectivity index (χ1n) is 11.3. The highest BCUT2D eigenvalue weighted by Crippen LogP contribution is 2.28. The second kappa shape index (κ2) is 12.7. The van der Waals surface area contributed by atoms with Crippen molar-refractivity contribution in [2.45, 2.75) is 20.8 Å². The normalized spacial score (nSPS) is 10.5. The highest BCUT2D eigenvalue weighted by Gasteiger charge is 2.13. The molecule has 0 spiro atoms. The number of benzene rings is 3. The maximum Gasteiger partial charge on any atom is 0.329 e. The zero-order chi connectivity index (χ0) is 25.9. The lowest BCUT2D eigenvalue weighted by Crippen LogP contribution is -2.32. The van der Waals surface area contributed by atoms with Gasteiger partial charge >= 0.3 is 11.8 Å². The molecule has 36 heavy (non-hydrogen) atoms. The maximum atomic E-state index is 12.3. The van der Waals surface area contributed by atoms with E-state index in [1.807, 2.05) is 57.2 Å². The number of anilines is 2. The van der Waals surface area contributed by atoms with Crippen LogP contribution in [0.15, 0.2) is 71.8 Å². The molecule has 0 aliphatic carbocycles. The largest absolute Gasteiger partial charge is 0.490 e. The van der Waals surface area contributed by atoms with Gasteiger partial charge in [0.25, 0.3) is 5.91 Å². The molecule has 0 aromatic heterocycles. The maximum absolute atomic E-state index is 12.3. The standard InChI is InChI=1S/C27H28N4O5/c1-4-35-24-15-20(16-28-31-27(34)26(33)29-21-12-9-18(2)10-13-21)11-14-23(24)36-17-25(32)30-22-8-6-5-7-19(22)3/h5-16H,4,17H2,1-3H3,(H,29,33)(H,30,32)(H,31,34)/b28-16-. The number of hydrogen-bond acceptors (Lipinski definition) is 6. The van der Waals surface area contributed by atoms with Gasteiger partial charge in [0.15, 0.2) is 18.1 Å². The van der Waals surface area contributed by atoms with Crippen LogP contribution >= 0.6 is 0 Å². The molecular formula is C27H28N4O5. The van der Waals surface area contributed by atoms with E-state index in [2.05, 4.69) is 21.2 Å². The summed E-state index contributed by atoms with van der Waals surface area (Å²) in [6, 6.07) is 19.5. The van der Waals surface area contributed by atoms with E-state index in [0.717, 1.165) is 16.8 Å². The molecule has 186 valence electrons. The monoisotopic (exact) mass is 488 g/mol. The first-order valence-corrected chi connectivity index (χ1v) is 11.3. The second-order valence-corrected chi connectivity index (χ2v) is 7.81. The van der Waals surface area contributed by atoms with E-state index in [1.165, 1.54) is 6.21 Å². The third kappa shape index (κ3) is 7.69. The van der Waals surface area contributed by atoms with Gasteiger partial charge in [0.2, 0.25) is 0 Å². The number of amides is 3. The Bertz CT molecular complexity index is 1260.